The Bertz CT molecular complexity index is 1070. The van der Waals surface area contributed by atoms with Crippen molar-refractivity contribution >= 4 is 29.4 Å². The number of benzene rings is 4. The average molecular weight is 441 g/mol. The molecule has 0 aliphatic rings. The van der Waals surface area contributed by atoms with Crippen LogP contribution in [0, 0.1) is 0 Å². The number of nitrogens with zero attached hydrogens (tertiary/aromatic N) is 1. The third-order valence-corrected chi connectivity index (χ3v) is 9.94. The molecule has 4 aromatic rings. The Morgan fingerprint density at radius 2 is 1.19 bits per heavy atom. The molecule has 0 spiro atoms. The highest BCUT2D eigenvalue weighted by molar-refractivity contribution is 7.95. The number of aliphatic imine (C=N–C) groups is 1. The quantitative estimate of drug-likeness (QED) is 0.317. The molecule has 0 aliphatic carbocycles. The minimum atomic E-state index is -2.01. The molecule has 4 rings (SSSR count). The number of hydrogen-bond donors (Lipinski definition) is 2. The second-order valence-corrected chi connectivity index (χ2v) is 11.1. The summed E-state index contributed by atoms with van der Waals surface area (Å²) in [6.45, 7) is 0.306. The highest BCUT2D eigenvalue weighted by atomic mass is 31.2. The van der Waals surface area contributed by atoms with Crippen LogP contribution in [0.2, 0.25) is 0 Å². The second kappa shape index (κ2) is 10.4. The molecular formula is C28H27NO2P+. The number of rotatable bonds is 8. The van der Waals surface area contributed by atoms with Gasteiger partial charge < -0.3 is 10.2 Å². The number of aromatic hydroxyl groups is 1. The normalized spacial score (nSPS) is 11.7. The van der Waals surface area contributed by atoms with Gasteiger partial charge in [-0.15, -0.1) is 0 Å². The number of phenols is 1. The molecule has 3 nitrogen and oxygen atoms in total. The van der Waals surface area contributed by atoms with E-state index in [1.807, 2.05) is 12.1 Å². The van der Waals surface area contributed by atoms with Gasteiger partial charge in [-0.25, -0.2) is 0 Å². The van der Waals surface area contributed by atoms with Crippen LogP contribution in [0.25, 0.3) is 0 Å². The summed E-state index contributed by atoms with van der Waals surface area (Å²) < 4.78 is 0. The number of hydrogen-bond acceptors (Lipinski definition) is 3. The van der Waals surface area contributed by atoms with Gasteiger partial charge in [-0.3, -0.25) is 4.99 Å². The minimum absolute atomic E-state index is 0.0123. The largest absolute Gasteiger partial charge is 0.507 e. The Balaban J connectivity index is 1.90. The van der Waals surface area contributed by atoms with Crippen molar-refractivity contribution in [2.45, 2.75) is 6.16 Å². The van der Waals surface area contributed by atoms with Gasteiger partial charge in [-0.1, -0.05) is 60.7 Å². The molecule has 32 heavy (non-hydrogen) atoms. The van der Waals surface area contributed by atoms with E-state index in [-0.39, 0.29) is 12.4 Å². The lowest BCUT2D eigenvalue weighted by atomic mass is 10.1. The Morgan fingerprint density at radius 3 is 1.66 bits per heavy atom. The summed E-state index contributed by atoms with van der Waals surface area (Å²) in [7, 11) is -2.01. The van der Waals surface area contributed by atoms with E-state index >= 15 is 0 Å². The Hall–Kier alpha value is -3.26. The molecule has 0 aromatic heterocycles. The van der Waals surface area contributed by atoms with Crippen LogP contribution in [0.5, 0.6) is 5.75 Å². The highest BCUT2D eigenvalue weighted by Crippen LogP contribution is 2.58. The molecule has 0 atom stereocenters. The zero-order chi connectivity index (χ0) is 22.2. The van der Waals surface area contributed by atoms with Gasteiger partial charge in [-0.2, -0.15) is 0 Å². The topological polar surface area (TPSA) is 52.8 Å². The van der Waals surface area contributed by atoms with E-state index < -0.39 is 7.26 Å². The molecule has 0 saturated heterocycles. The monoisotopic (exact) mass is 440 g/mol. The van der Waals surface area contributed by atoms with Gasteiger partial charge in [-0.05, 0) is 54.1 Å². The fourth-order valence-electron chi connectivity index (χ4n) is 4.07. The SMILES string of the molecule is OCCN=Cc1cc(C[P+](c2ccccc2)(c2ccccc2)c2ccccc2)ccc1O. The maximum atomic E-state index is 10.3. The summed E-state index contributed by atoms with van der Waals surface area (Å²) in [6.07, 6.45) is 2.47. The van der Waals surface area contributed by atoms with E-state index in [1.54, 1.807) is 12.3 Å². The van der Waals surface area contributed by atoms with Crippen LogP contribution < -0.4 is 15.9 Å². The zero-order valence-electron chi connectivity index (χ0n) is 17.9. The minimum Gasteiger partial charge on any atom is -0.507 e. The van der Waals surface area contributed by atoms with Gasteiger partial charge in [0.1, 0.15) is 28.9 Å². The van der Waals surface area contributed by atoms with Gasteiger partial charge in [0.15, 0.2) is 0 Å². The second-order valence-electron chi connectivity index (χ2n) is 7.63. The van der Waals surface area contributed by atoms with Crippen molar-refractivity contribution in [1.82, 2.24) is 0 Å². The van der Waals surface area contributed by atoms with Crippen molar-refractivity contribution in [3.63, 3.8) is 0 Å². The van der Waals surface area contributed by atoms with Gasteiger partial charge >= 0.3 is 0 Å². The average Bonchev–Trinajstić information content (AvgIpc) is 2.86. The van der Waals surface area contributed by atoms with Crippen LogP contribution in [0.4, 0.5) is 0 Å². The summed E-state index contributed by atoms with van der Waals surface area (Å²) in [5.41, 5.74) is 1.81. The van der Waals surface area contributed by atoms with Crippen molar-refractivity contribution < 1.29 is 10.2 Å². The van der Waals surface area contributed by atoms with Gasteiger partial charge in [0, 0.05) is 11.8 Å². The van der Waals surface area contributed by atoms with Crippen LogP contribution in [-0.2, 0) is 6.16 Å². The predicted octanol–water partition coefficient (Wildman–Crippen LogP) is 4.30. The van der Waals surface area contributed by atoms with Crippen molar-refractivity contribution in [3.05, 3.63) is 120 Å². The fraction of sp³-hybridized carbons (Fsp3) is 0.107. The number of aliphatic hydroxyl groups is 1. The van der Waals surface area contributed by atoms with E-state index in [1.165, 1.54) is 15.9 Å². The smallest absolute Gasteiger partial charge is 0.124 e. The summed E-state index contributed by atoms with van der Waals surface area (Å²) in [5, 5.41) is 23.3. The van der Waals surface area contributed by atoms with Gasteiger partial charge in [0.2, 0.25) is 0 Å². The highest BCUT2D eigenvalue weighted by Gasteiger charge is 2.45. The summed E-state index contributed by atoms with van der Waals surface area (Å²) >= 11 is 0. The Morgan fingerprint density at radius 1 is 0.688 bits per heavy atom. The van der Waals surface area contributed by atoms with E-state index in [0.29, 0.717) is 12.1 Å². The molecule has 0 aliphatic heterocycles. The molecule has 0 radical (unpaired) electrons. The maximum Gasteiger partial charge on any atom is 0.124 e. The molecule has 160 valence electrons. The van der Waals surface area contributed by atoms with Crippen molar-refractivity contribution in [3.8, 4) is 5.75 Å². The molecular weight excluding hydrogens is 413 g/mol. The van der Waals surface area contributed by atoms with E-state index in [9.17, 15) is 5.11 Å². The molecule has 2 N–H and O–H groups in total. The summed E-state index contributed by atoms with van der Waals surface area (Å²) in [4.78, 5) is 4.21. The molecule has 0 bridgehead atoms. The fourth-order valence-corrected chi connectivity index (χ4v) is 8.30. The first-order valence-electron chi connectivity index (χ1n) is 10.7. The van der Waals surface area contributed by atoms with Crippen molar-refractivity contribution in [1.29, 1.82) is 0 Å². The van der Waals surface area contributed by atoms with Crippen LogP contribution in [0.1, 0.15) is 11.1 Å². The van der Waals surface area contributed by atoms with Crippen LogP contribution in [0.15, 0.2) is 114 Å². The summed E-state index contributed by atoms with van der Waals surface area (Å²) in [6, 6.07) is 38.0. The summed E-state index contributed by atoms with van der Waals surface area (Å²) in [5.74, 6) is 0.193. The third kappa shape index (κ3) is 4.65. The first kappa shape index (κ1) is 22.0. The zero-order valence-corrected chi connectivity index (χ0v) is 18.8. The molecule has 0 unspecified atom stereocenters. The number of phenolic OH excluding ortho intramolecular Hbond substituents is 1. The third-order valence-electron chi connectivity index (χ3n) is 5.56. The van der Waals surface area contributed by atoms with Gasteiger partial charge in [0.05, 0.1) is 19.3 Å². The van der Waals surface area contributed by atoms with Gasteiger partial charge in [0.25, 0.3) is 0 Å². The lowest BCUT2D eigenvalue weighted by Gasteiger charge is -2.28. The predicted molar refractivity (Wildman–Crippen MR) is 137 cm³/mol. The molecule has 4 heteroatoms. The van der Waals surface area contributed by atoms with E-state index in [4.69, 9.17) is 5.11 Å². The molecule has 0 amide bonds. The first-order valence-corrected chi connectivity index (χ1v) is 12.7. The molecule has 4 aromatic carbocycles. The van der Waals surface area contributed by atoms with Crippen LogP contribution in [-0.4, -0.2) is 29.6 Å². The van der Waals surface area contributed by atoms with Crippen molar-refractivity contribution in [2.75, 3.05) is 13.2 Å². The molecule has 0 heterocycles. The lowest BCUT2D eigenvalue weighted by Crippen LogP contribution is -2.32. The van der Waals surface area contributed by atoms with Crippen LogP contribution >= 0.6 is 7.26 Å². The Kier molecular flexibility index (Phi) is 7.11. The van der Waals surface area contributed by atoms with E-state index in [2.05, 4.69) is 96.0 Å². The number of aliphatic hydroxyl groups excluding tert-OH is 1. The Labute approximate surface area is 190 Å². The molecule has 0 saturated carbocycles. The van der Waals surface area contributed by atoms with Crippen LogP contribution in [0.3, 0.4) is 0 Å². The maximum absolute atomic E-state index is 10.3. The lowest BCUT2D eigenvalue weighted by molar-refractivity contribution is 0.307. The van der Waals surface area contributed by atoms with E-state index in [0.717, 1.165) is 11.7 Å². The standard InChI is InChI=1S/C28H26NO2P/c30-19-18-29-21-24-20-23(16-17-28(24)31)22-32(25-10-4-1-5-11-25,26-12-6-2-7-13-26)27-14-8-3-9-15-27/h1-17,20-21,30H,18-19,22H2/p+1. The van der Waals surface area contributed by atoms with Crippen molar-refractivity contribution in [2.24, 2.45) is 4.99 Å². The first-order chi connectivity index (χ1) is 15.7. The molecule has 0 fully saturated rings.